The number of aromatic nitrogens is 1. The van der Waals surface area contributed by atoms with Crippen molar-refractivity contribution in [1.82, 2.24) is 4.98 Å². The van der Waals surface area contributed by atoms with Gasteiger partial charge in [0, 0.05) is 13.1 Å². The van der Waals surface area contributed by atoms with E-state index in [4.69, 9.17) is 0 Å². The van der Waals surface area contributed by atoms with Crippen molar-refractivity contribution in [3.05, 3.63) is 36.0 Å². The summed E-state index contributed by atoms with van der Waals surface area (Å²) in [5, 5.41) is 1.29. The highest BCUT2D eigenvalue weighted by Crippen LogP contribution is 2.25. The fourth-order valence-electron chi connectivity index (χ4n) is 1.51. The summed E-state index contributed by atoms with van der Waals surface area (Å²) < 4.78 is 0. The number of hydrogen-bond donors (Lipinski definition) is 1. The van der Waals surface area contributed by atoms with Crippen LogP contribution in [0.4, 0.5) is 0 Å². The van der Waals surface area contributed by atoms with Crippen LogP contribution in [0.2, 0.25) is 0 Å². The van der Waals surface area contributed by atoms with Gasteiger partial charge in [0.25, 0.3) is 0 Å². The van der Waals surface area contributed by atoms with Crippen molar-refractivity contribution in [2.45, 2.75) is 26.2 Å². The highest BCUT2D eigenvalue weighted by Gasteiger charge is 2.13. The lowest BCUT2D eigenvalue weighted by Crippen LogP contribution is -2.10. The molecule has 0 aliphatic rings. The van der Waals surface area contributed by atoms with Gasteiger partial charge in [-0.05, 0) is 28.5 Å². The average Bonchev–Trinajstić information content (AvgIpc) is 2.47. The zero-order valence-corrected chi connectivity index (χ0v) is 8.39. The molecule has 0 amide bonds. The lowest BCUT2D eigenvalue weighted by molar-refractivity contribution is 0.591. The highest BCUT2D eigenvalue weighted by atomic mass is 14.7. The first kappa shape index (κ1) is 8.36. The maximum Gasteiger partial charge on any atom is 0.0456 e. The monoisotopic (exact) mass is 175 g/mol. The van der Waals surface area contributed by atoms with E-state index in [1.807, 2.05) is 6.20 Å². The third-order valence-electron chi connectivity index (χ3n) is 2.42. The second-order valence-corrected chi connectivity index (χ2v) is 4.53. The van der Waals surface area contributed by atoms with Crippen LogP contribution in [-0.4, -0.2) is 4.98 Å². The fourth-order valence-corrected chi connectivity index (χ4v) is 1.51. The first-order valence-corrected chi connectivity index (χ1v) is 4.65. The number of hydrogen-bond acceptors (Lipinski definition) is 0. The molecule has 0 saturated carbocycles. The van der Waals surface area contributed by atoms with Crippen LogP contribution in [0.25, 0.3) is 10.9 Å². The van der Waals surface area contributed by atoms with Gasteiger partial charge in [-0.25, -0.2) is 0 Å². The van der Waals surface area contributed by atoms with E-state index in [2.05, 4.69) is 50.0 Å². The Balaban J connectivity index is 0.000000980. The molecule has 0 radical (unpaired) electrons. The maximum absolute atomic E-state index is 3.23. The molecule has 70 valence electrons. The van der Waals surface area contributed by atoms with Gasteiger partial charge in [-0.2, -0.15) is 0 Å². The predicted molar refractivity (Wildman–Crippen MR) is 59.1 cm³/mol. The van der Waals surface area contributed by atoms with Crippen molar-refractivity contribution >= 4 is 10.9 Å². The van der Waals surface area contributed by atoms with Crippen LogP contribution in [0.3, 0.4) is 0 Å². The van der Waals surface area contributed by atoms with E-state index in [-0.39, 0.29) is 6.84 Å². The molecule has 1 aromatic heterocycles. The Hall–Kier alpha value is -1.24. The largest absolute Gasteiger partial charge is 0.361 e. The molecule has 0 saturated heterocycles. The van der Waals surface area contributed by atoms with Crippen molar-refractivity contribution < 1.29 is 1.43 Å². The van der Waals surface area contributed by atoms with Gasteiger partial charge in [-0.3, -0.25) is 0 Å². The Labute approximate surface area is 80.3 Å². The van der Waals surface area contributed by atoms with Gasteiger partial charge in [-0.1, -0.05) is 32.9 Å². The second-order valence-electron chi connectivity index (χ2n) is 4.53. The third kappa shape index (κ3) is 1.46. The fraction of sp³-hybridized carbons (Fsp3) is 0.333. The number of H-pyrrole nitrogens is 1. The quantitative estimate of drug-likeness (QED) is 0.628. The normalized spacial score (nSPS) is 12.2. The minimum atomic E-state index is 0. The van der Waals surface area contributed by atoms with Gasteiger partial charge < -0.3 is 4.98 Å². The van der Waals surface area contributed by atoms with E-state index < -0.39 is 0 Å². The van der Waals surface area contributed by atoms with E-state index in [1.165, 1.54) is 16.5 Å². The highest BCUT2D eigenvalue weighted by molar-refractivity contribution is 5.80. The van der Waals surface area contributed by atoms with E-state index in [0.29, 0.717) is 0 Å². The molecule has 0 atom stereocenters. The standard InChI is InChI=1S/C12H15N.H2/c1-12(2,3)10-5-4-9-6-7-13-11(9)8-10;/h4-8,13H,1-3H3;1H. The molecule has 0 bridgehead atoms. The maximum atomic E-state index is 3.23. The number of fused-ring (bicyclic) bond motifs is 1. The summed E-state index contributed by atoms with van der Waals surface area (Å²) in [7, 11) is 0. The first-order chi connectivity index (χ1) is 6.07. The Morgan fingerprint density at radius 2 is 1.92 bits per heavy atom. The second kappa shape index (κ2) is 2.63. The summed E-state index contributed by atoms with van der Waals surface area (Å²) >= 11 is 0. The van der Waals surface area contributed by atoms with Crippen LogP contribution in [0, 0.1) is 0 Å². The number of rotatable bonds is 0. The first-order valence-electron chi connectivity index (χ1n) is 4.65. The van der Waals surface area contributed by atoms with Gasteiger partial charge in [0.05, 0.1) is 0 Å². The Kier molecular flexibility index (Phi) is 1.69. The van der Waals surface area contributed by atoms with E-state index >= 15 is 0 Å². The summed E-state index contributed by atoms with van der Waals surface area (Å²) in [6, 6.07) is 8.71. The number of nitrogens with one attached hydrogen (secondary N) is 1. The van der Waals surface area contributed by atoms with Crippen LogP contribution in [0.5, 0.6) is 0 Å². The van der Waals surface area contributed by atoms with Crippen molar-refractivity contribution in [1.29, 1.82) is 0 Å². The zero-order chi connectivity index (χ0) is 9.47. The molecule has 1 heterocycles. The van der Waals surface area contributed by atoms with Gasteiger partial charge in [0.2, 0.25) is 0 Å². The molecule has 1 nitrogen and oxygen atoms in total. The van der Waals surface area contributed by atoms with E-state index in [0.717, 1.165) is 0 Å². The molecular formula is C12H17N. The van der Waals surface area contributed by atoms with E-state index in [9.17, 15) is 0 Å². The summed E-state index contributed by atoms with van der Waals surface area (Å²) in [5.74, 6) is 0. The lowest BCUT2D eigenvalue weighted by atomic mass is 9.87. The van der Waals surface area contributed by atoms with Crippen molar-refractivity contribution in [2.24, 2.45) is 0 Å². The smallest absolute Gasteiger partial charge is 0.0456 e. The molecule has 1 N–H and O–H groups in total. The minimum absolute atomic E-state index is 0. The third-order valence-corrected chi connectivity index (χ3v) is 2.42. The molecule has 2 rings (SSSR count). The Morgan fingerprint density at radius 1 is 1.15 bits per heavy atom. The molecular weight excluding hydrogens is 158 g/mol. The molecule has 0 unspecified atom stereocenters. The molecule has 0 fully saturated rings. The van der Waals surface area contributed by atoms with Crippen LogP contribution in [0.1, 0.15) is 27.8 Å². The predicted octanol–water partition coefficient (Wildman–Crippen LogP) is 3.71. The number of benzene rings is 1. The summed E-state index contributed by atoms with van der Waals surface area (Å²) in [4.78, 5) is 3.23. The number of aromatic amines is 1. The van der Waals surface area contributed by atoms with Gasteiger partial charge in [0.1, 0.15) is 0 Å². The van der Waals surface area contributed by atoms with Crippen molar-refractivity contribution in [2.75, 3.05) is 0 Å². The zero-order valence-electron chi connectivity index (χ0n) is 8.39. The lowest BCUT2D eigenvalue weighted by Gasteiger charge is -2.18. The van der Waals surface area contributed by atoms with Crippen molar-refractivity contribution in [3.63, 3.8) is 0 Å². The van der Waals surface area contributed by atoms with Gasteiger partial charge >= 0.3 is 0 Å². The SMILES string of the molecule is CC(C)(C)c1ccc2cc[nH]c2c1.[HH]. The summed E-state index contributed by atoms with van der Waals surface area (Å²) in [5.41, 5.74) is 2.84. The van der Waals surface area contributed by atoms with Gasteiger partial charge in [-0.15, -0.1) is 0 Å². The molecule has 2 aromatic rings. The van der Waals surface area contributed by atoms with Crippen LogP contribution in [0.15, 0.2) is 30.5 Å². The molecule has 0 aliphatic heterocycles. The Morgan fingerprint density at radius 3 is 2.62 bits per heavy atom. The van der Waals surface area contributed by atoms with E-state index in [1.54, 1.807) is 0 Å². The van der Waals surface area contributed by atoms with Crippen molar-refractivity contribution in [3.8, 4) is 0 Å². The molecule has 13 heavy (non-hydrogen) atoms. The topological polar surface area (TPSA) is 15.8 Å². The van der Waals surface area contributed by atoms with Crippen LogP contribution >= 0.6 is 0 Å². The molecule has 0 aliphatic carbocycles. The van der Waals surface area contributed by atoms with Crippen LogP contribution < -0.4 is 0 Å². The Bertz CT molecular complexity index is 423. The summed E-state index contributed by atoms with van der Waals surface area (Å²) in [6.45, 7) is 6.70. The minimum Gasteiger partial charge on any atom is -0.361 e. The van der Waals surface area contributed by atoms with Crippen LogP contribution in [-0.2, 0) is 5.41 Å². The molecule has 1 heteroatoms. The summed E-state index contributed by atoms with van der Waals surface area (Å²) in [6.07, 6.45) is 1.98. The average molecular weight is 175 g/mol. The molecule has 0 spiro atoms. The van der Waals surface area contributed by atoms with Gasteiger partial charge in [0.15, 0.2) is 0 Å². The molecule has 1 aromatic carbocycles.